The molecule has 0 aliphatic rings. The Morgan fingerprint density at radius 2 is 2.00 bits per heavy atom. The van der Waals surface area contributed by atoms with Crippen LogP contribution in [-0.4, -0.2) is 4.98 Å². The SMILES string of the molecule is NCc1cccc2sc3cccnc3c12. The molecule has 2 nitrogen and oxygen atoms in total. The topological polar surface area (TPSA) is 38.9 Å². The Morgan fingerprint density at radius 3 is 2.87 bits per heavy atom. The van der Waals surface area contributed by atoms with Crippen LogP contribution in [0.3, 0.4) is 0 Å². The summed E-state index contributed by atoms with van der Waals surface area (Å²) in [6.07, 6.45) is 1.84. The molecule has 3 rings (SSSR count). The lowest BCUT2D eigenvalue weighted by Crippen LogP contribution is -1.96. The lowest BCUT2D eigenvalue weighted by atomic mass is 10.1. The van der Waals surface area contributed by atoms with Gasteiger partial charge in [-0.2, -0.15) is 0 Å². The van der Waals surface area contributed by atoms with Crippen LogP contribution in [0.2, 0.25) is 0 Å². The highest BCUT2D eigenvalue weighted by Gasteiger charge is 2.08. The molecule has 0 saturated heterocycles. The normalized spacial score (nSPS) is 11.3. The first kappa shape index (κ1) is 8.83. The highest BCUT2D eigenvalue weighted by molar-refractivity contribution is 7.25. The third-order valence-corrected chi connectivity index (χ3v) is 3.67. The summed E-state index contributed by atoms with van der Waals surface area (Å²) in [5.74, 6) is 0. The summed E-state index contributed by atoms with van der Waals surface area (Å²) in [7, 11) is 0. The third kappa shape index (κ3) is 1.24. The van der Waals surface area contributed by atoms with Crippen molar-refractivity contribution in [1.29, 1.82) is 0 Å². The number of rotatable bonds is 1. The van der Waals surface area contributed by atoms with E-state index < -0.39 is 0 Å². The molecular weight excluding hydrogens is 204 g/mol. The molecule has 3 aromatic rings. The lowest BCUT2D eigenvalue weighted by molar-refractivity contribution is 1.09. The molecule has 3 heteroatoms. The van der Waals surface area contributed by atoms with Crippen LogP contribution in [0.4, 0.5) is 0 Å². The van der Waals surface area contributed by atoms with Crippen LogP contribution in [0.25, 0.3) is 20.3 Å². The maximum Gasteiger partial charge on any atom is 0.0891 e. The summed E-state index contributed by atoms with van der Waals surface area (Å²) in [5, 5.41) is 1.22. The monoisotopic (exact) mass is 214 g/mol. The van der Waals surface area contributed by atoms with Gasteiger partial charge in [0.25, 0.3) is 0 Å². The maximum absolute atomic E-state index is 5.74. The van der Waals surface area contributed by atoms with Gasteiger partial charge in [0, 0.05) is 22.8 Å². The number of pyridine rings is 1. The second-order valence-corrected chi connectivity index (χ2v) is 4.53. The van der Waals surface area contributed by atoms with Gasteiger partial charge in [-0.1, -0.05) is 12.1 Å². The van der Waals surface area contributed by atoms with Crippen LogP contribution < -0.4 is 5.73 Å². The standard InChI is InChI=1S/C12H10N2S/c13-7-8-3-1-4-9-11(8)12-10(15-9)5-2-6-14-12/h1-6H,7,13H2. The molecule has 15 heavy (non-hydrogen) atoms. The predicted molar refractivity (Wildman–Crippen MR) is 65.0 cm³/mol. The van der Waals surface area contributed by atoms with Gasteiger partial charge in [-0.15, -0.1) is 11.3 Å². The molecule has 0 saturated carbocycles. The molecular formula is C12H10N2S. The predicted octanol–water partition coefficient (Wildman–Crippen LogP) is 2.91. The van der Waals surface area contributed by atoms with Gasteiger partial charge in [0.15, 0.2) is 0 Å². The van der Waals surface area contributed by atoms with Gasteiger partial charge in [-0.25, -0.2) is 0 Å². The van der Waals surface area contributed by atoms with E-state index in [1.807, 2.05) is 12.3 Å². The van der Waals surface area contributed by atoms with Gasteiger partial charge < -0.3 is 5.73 Å². The van der Waals surface area contributed by atoms with Crippen LogP contribution in [0.15, 0.2) is 36.5 Å². The Bertz CT molecular complexity index is 628. The van der Waals surface area contributed by atoms with E-state index in [1.165, 1.54) is 20.3 Å². The largest absolute Gasteiger partial charge is 0.326 e. The molecule has 0 bridgehead atoms. The van der Waals surface area contributed by atoms with Crippen molar-refractivity contribution < 1.29 is 0 Å². The zero-order valence-corrected chi connectivity index (χ0v) is 8.92. The minimum absolute atomic E-state index is 0.569. The van der Waals surface area contributed by atoms with E-state index in [9.17, 15) is 0 Å². The molecule has 0 amide bonds. The van der Waals surface area contributed by atoms with Crippen LogP contribution in [0.1, 0.15) is 5.56 Å². The van der Waals surface area contributed by atoms with Crippen molar-refractivity contribution in [3.05, 3.63) is 42.1 Å². The summed E-state index contributed by atoms with van der Waals surface area (Å²) in [4.78, 5) is 4.43. The van der Waals surface area contributed by atoms with E-state index in [-0.39, 0.29) is 0 Å². The van der Waals surface area contributed by atoms with Crippen molar-refractivity contribution >= 4 is 31.6 Å². The second kappa shape index (κ2) is 3.29. The summed E-state index contributed by atoms with van der Waals surface area (Å²) in [5.41, 5.74) is 8.00. The molecule has 0 aliphatic heterocycles. The molecule has 74 valence electrons. The summed E-state index contributed by atoms with van der Waals surface area (Å²) >= 11 is 1.77. The van der Waals surface area contributed by atoms with Crippen molar-refractivity contribution in [2.45, 2.75) is 6.54 Å². The molecule has 2 N–H and O–H groups in total. The van der Waals surface area contributed by atoms with E-state index in [2.05, 4.69) is 29.2 Å². The van der Waals surface area contributed by atoms with Crippen LogP contribution >= 0.6 is 11.3 Å². The van der Waals surface area contributed by atoms with E-state index >= 15 is 0 Å². The molecule has 0 fully saturated rings. The molecule has 2 heterocycles. The van der Waals surface area contributed by atoms with Crippen molar-refractivity contribution in [1.82, 2.24) is 4.98 Å². The number of hydrogen-bond donors (Lipinski definition) is 1. The Morgan fingerprint density at radius 1 is 1.13 bits per heavy atom. The first-order valence-corrected chi connectivity index (χ1v) is 5.67. The fourth-order valence-electron chi connectivity index (χ4n) is 1.88. The number of nitrogens with two attached hydrogens (primary N) is 1. The fraction of sp³-hybridized carbons (Fsp3) is 0.0833. The molecule has 0 aliphatic carbocycles. The fourth-order valence-corrected chi connectivity index (χ4v) is 2.99. The Hall–Kier alpha value is -1.45. The summed E-state index contributed by atoms with van der Waals surface area (Å²) < 4.78 is 2.50. The van der Waals surface area contributed by atoms with Gasteiger partial charge >= 0.3 is 0 Å². The van der Waals surface area contributed by atoms with Crippen molar-refractivity contribution in [2.75, 3.05) is 0 Å². The lowest BCUT2D eigenvalue weighted by Gasteiger charge is -1.98. The third-order valence-electron chi connectivity index (χ3n) is 2.56. The highest BCUT2D eigenvalue weighted by Crippen LogP contribution is 2.34. The second-order valence-electron chi connectivity index (χ2n) is 3.45. The number of aromatic nitrogens is 1. The Balaban J connectivity index is 2.56. The molecule has 0 spiro atoms. The van der Waals surface area contributed by atoms with Gasteiger partial charge in [-0.05, 0) is 23.8 Å². The van der Waals surface area contributed by atoms with Crippen LogP contribution in [0.5, 0.6) is 0 Å². The van der Waals surface area contributed by atoms with E-state index in [1.54, 1.807) is 11.3 Å². The first-order chi connectivity index (χ1) is 7.40. The average molecular weight is 214 g/mol. The van der Waals surface area contributed by atoms with Crippen molar-refractivity contribution in [3.8, 4) is 0 Å². The Labute approximate surface area is 91.4 Å². The number of fused-ring (bicyclic) bond motifs is 3. The van der Waals surface area contributed by atoms with E-state index in [0.29, 0.717) is 6.54 Å². The van der Waals surface area contributed by atoms with Crippen molar-refractivity contribution in [2.24, 2.45) is 5.73 Å². The molecule has 2 aromatic heterocycles. The van der Waals surface area contributed by atoms with Crippen LogP contribution in [0, 0.1) is 0 Å². The highest BCUT2D eigenvalue weighted by atomic mass is 32.1. The van der Waals surface area contributed by atoms with Gasteiger partial charge in [-0.3, -0.25) is 4.98 Å². The number of hydrogen-bond acceptors (Lipinski definition) is 3. The molecule has 0 radical (unpaired) electrons. The quantitative estimate of drug-likeness (QED) is 0.676. The maximum atomic E-state index is 5.74. The number of thiophene rings is 1. The minimum Gasteiger partial charge on any atom is -0.326 e. The van der Waals surface area contributed by atoms with Crippen molar-refractivity contribution in [3.63, 3.8) is 0 Å². The first-order valence-electron chi connectivity index (χ1n) is 4.85. The van der Waals surface area contributed by atoms with E-state index in [0.717, 1.165) is 5.52 Å². The summed E-state index contributed by atoms with van der Waals surface area (Å²) in [6, 6.07) is 10.3. The average Bonchev–Trinajstić information content (AvgIpc) is 2.67. The molecule has 1 aromatic carbocycles. The zero-order chi connectivity index (χ0) is 10.3. The zero-order valence-electron chi connectivity index (χ0n) is 8.10. The smallest absolute Gasteiger partial charge is 0.0891 e. The molecule has 0 atom stereocenters. The number of benzene rings is 1. The van der Waals surface area contributed by atoms with Gasteiger partial charge in [0.05, 0.1) is 10.2 Å². The Kier molecular flexibility index (Phi) is 1.94. The minimum atomic E-state index is 0.569. The van der Waals surface area contributed by atoms with Crippen LogP contribution in [-0.2, 0) is 6.54 Å². The van der Waals surface area contributed by atoms with E-state index in [4.69, 9.17) is 5.73 Å². The van der Waals surface area contributed by atoms with Gasteiger partial charge in [0.2, 0.25) is 0 Å². The molecule has 0 unspecified atom stereocenters. The van der Waals surface area contributed by atoms with Gasteiger partial charge in [0.1, 0.15) is 0 Å². The number of nitrogens with zero attached hydrogens (tertiary/aromatic N) is 1. The summed E-state index contributed by atoms with van der Waals surface area (Å²) in [6.45, 7) is 0.569.